The third-order valence-electron chi connectivity index (χ3n) is 2.74. The number of hydrogen-bond donors (Lipinski definition) is 1. The van der Waals surface area contributed by atoms with Crippen LogP contribution in [0.15, 0.2) is 40.5 Å². The molecule has 1 aromatic rings. The molecule has 5 heteroatoms. The molecule has 0 radical (unpaired) electrons. The zero-order chi connectivity index (χ0) is 13.1. The van der Waals surface area contributed by atoms with Gasteiger partial charge in [-0.25, -0.2) is 0 Å². The Hall–Kier alpha value is -1.62. The summed E-state index contributed by atoms with van der Waals surface area (Å²) in [5, 5.41) is 2.95. The van der Waals surface area contributed by atoms with Crippen LogP contribution in [-0.4, -0.2) is 36.7 Å². The molecule has 1 aliphatic heterocycles. The molecule has 1 aliphatic rings. The maximum atomic E-state index is 12.0. The number of rotatable bonds is 2. The van der Waals surface area contributed by atoms with Crippen LogP contribution in [-0.2, 0) is 4.79 Å². The highest BCUT2D eigenvalue weighted by Crippen LogP contribution is 2.12. The van der Waals surface area contributed by atoms with Crippen LogP contribution >= 0.6 is 15.9 Å². The Morgan fingerprint density at radius 1 is 1.39 bits per heavy atom. The molecule has 0 unspecified atom stereocenters. The van der Waals surface area contributed by atoms with E-state index in [4.69, 9.17) is 0 Å². The number of amides is 1. The third-order valence-corrected chi connectivity index (χ3v) is 3.27. The van der Waals surface area contributed by atoms with Gasteiger partial charge in [-0.2, -0.15) is 0 Å². The van der Waals surface area contributed by atoms with Crippen molar-refractivity contribution in [1.29, 1.82) is 0 Å². The predicted molar refractivity (Wildman–Crippen MR) is 72.2 cm³/mol. The fourth-order valence-electron chi connectivity index (χ4n) is 1.68. The minimum Gasteiger partial charge on any atom is -0.379 e. The second kappa shape index (κ2) is 5.35. The highest BCUT2D eigenvalue weighted by Gasteiger charge is 2.20. The number of halogens is 1. The van der Waals surface area contributed by atoms with Gasteiger partial charge in [0.1, 0.15) is 5.70 Å². The summed E-state index contributed by atoms with van der Waals surface area (Å²) >= 11 is 3.31. The molecule has 1 fully saturated rings. The van der Waals surface area contributed by atoms with Crippen LogP contribution in [0.2, 0.25) is 0 Å². The highest BCUT2D eigenvalue weighted by molar-refractivity contribution is 9.10. The number of nitrogens with zero attached hydrogens (tertiary/aromatic N) is 1. The van der Waals surface area contributed by atoms with Crippen molar-refractivity contribution in [3.63, 3.8) is 0 Å². The molecule has 0 saturated carbocycles. The smallest absolute Gasteiger partial charge is 0.269 e. The second-order valence-electron chi connectivity index (χ2n) is 4.08. The number of nitrogens with one attached hydrogen (secondary N) is 1. The van der Waals surface area contributed by atoms with Crippen molar-refractivity contribution in [1.82, 2.24) is 10.2 Å². The van der Waals surface area contributed by atoms with Crippen LogP contribution in [0.5, 0.6) is 0 Å². The largest absolute Gasteiger partial charge is 0.379 e. The van der Waals surface area contributed by atoms with Crippen molar-refractivity contribution in [3.05, 3.63) is 46.1 Å². The standard InChI is InChI=1S/C13H13BrN2O2/c1-16-7-6-15-11(13(16)18)8-12(17)9-2-4-10(14)5-3-9/h2-5,8,15H,6-7H2,1H3/b11-8-. The van der Waals surface area contributed by atoms with Gasteiger partial charge in [-0.1, -0.05) is 15.9 Å². The van der Waals surface area contributed by atoms with E-state index in [1.165, 1.54) is 6.08 Å². The molecule has 18 heavy (non-hydrogen) atoms. The van der Waals surface area contributed by atoms with Gasteiger partial charge >= 0.3 is 0 Å². The lowest BCUT2D eigenvalue weighted by Gasteiger charge is -2.25. The number of hydrogen-bond acceptors (Lipinski definition) is 3. The average Bonchev–Trinajstić information content (AvgIpc) is 2.36. The topological polar surface area (TPSA) is 49.4 Å². The predicted octanol–water partition coefficient (Wildman–Crippen LogP) is 1.58. The zero-order valence-corrected chi connectivity index (χ0v) is 11.5. The van der Waals surface area contributed by atoms with Gasteiger partial charge in [-0.05, 0) is 24.3 Å². The molecule has 0 aliphatic carbocycles. The van der Waals surface area contributed by atoms with E-state index >= 15 is 0 Å². The normalized spacial score (nSPS) is 17.8. The number of piperazine rings is 1. The van der Waals surface area contributed by atoms with Gasteiger partial charge in [0.05, 0.1) is 0 Å². The van der Waals surface area contributed by atoms with Gasteiger partial charge in [0.25, 0.3) is 5.91 Å². The SMILES string of the molecule is CN1CCN/C(=C\C(=O)c2ccc(Br)cc2)C1=O. The lowest BCUT2D eigenvalue weighted by Crippen LogP contribution is -2.44. The van der Waals surface area contributed by atoms with E-state index in [0.29, 0.717) is 24.4 Å². The maximum absolute atomic E-state index is 12.0. The van der Waals surface area contributed by atoms with Crippen LogP contribution in [0, 0.1) is 0 Å². The van der Waals surface area contributed by atoms with Crippen molar-refractivity contribution in [3.8, 4) is 0 Å². The molecule has 1 heterocycles. The average molecular weight is 309 g/mol. The minimum absolute atomic E-state index is 0.147. The monoisotopic (exact) mass is 308 g/mol. The minimum atomic E-state index is -0.173. The Morgan fingerprint density at radius 2 is 2.06 bits per heavy atom. The first-order valence-corrected chi connectivity index (χ1v) is 6.38. The number of benzene rings is 1. The molecule has 2 rings (SSSR count). The zero-order valence-electron chi connectivity index (χ0n) is 9.94. The molecule has 94 valence electrons. The second-order valence-corrected chi connectivity index (χ2v) is 5.00. The number of carbonyl (C=O) groups is 2. The van der Waals surface area contributed by atoms with Crippen molar-refractivity contribution in [2.75, 3.05) is 20.1 Å². The fourth-order valence-corrected chi connectivity index (χ4v) is 1.95. The lowest BCUT2D eigenvalue weighted by molar-refractivity contribution is -0.127. The van der Waals surface area contributed by atoms with E-state index in [1.807, 2.05) is 0 Å². The van der Waals surface area contributed by atoms with Crippen molar-refractivity contribution in [2.24, 2.45) is 0 Å². The number of likely N-dealkylation sites (N-methyl/N-ethyl adjacent to an activating group) is 1. The Kier molecular flexibility index (Phi) is 3.81. The van der Waals surface area contributed by atoms with Gasteiger partial charge in [0.15, 0.2) is 5.78 Å². The Balaban J connectivity index is 2.19. The summed E-state index contributed by atoms with van der Waals surface area (Å²) < 4.78 is 0.915. The van der Waals surface area contributed by atoms with Crippen LogP contribution in [0.25, 0.3) is 0 Å². The van der Waals surface area contributed by atoms with E-state index < -0.39 is 0 Å². The molecule has 1 aromatic carbocycles. The Bertz CT molecular complexity index is 508. The van der Waals surface area contributed by atoms with Crippen molar-refractivity contribution in [2.45, 2.75) is 0 Å². The maximum Gasteiger partial charge on any atom is 0.269 e. The van der Waals surface area contributed by atoms with Crippen LogP contribution in [0.4, 0.5) is 0 Å². The van der Waals surface area contributed by atoms with Gasteiger partial charge in [-0.15, -0.1) is 0 Å². The first kappa shape index (κ1) is 12.8. The molecule has 1 N–H and O–H groups in total. The van der Waals surface area contributed by atoms with Gasteiger partial charge in [0.2, 0.25) is 0 Å². The lowest BCUT2D eigenvalue weighted by atomic mass is 10.1. The summed E-state index contributed by atoms with van der Waals surface area (Å²) in [6.07, 6.45) is 1.36. The summed E-state index contributed by atoms with van der Waals surface area (Å²) in [6, 6.07) is 7.04. The van der Waals surface area contributed by atoms with E-state index in [0.717, 1.165) is 4.47 Å². The fraction of sp³-hybridized carbons (Fsp3) is 0.231. The summed E-state index contributed by atoms with van der Waals surface area (Å²) in [7, 11) is 1.72. The molecule has 1 amide bonds. The van der Waals surface area contributed by atoms with E-state index in [2.05, 4.69) is 21.2 Å². The Labute approximate surface area is 114 Å². The Morgan fingerprint density at radius 3 is 2.72 bits per heavy atom. The highest BCUT2D eigenvalue weighted by atomic mass is 79.9. The van der Waals surface area contributed by atoms with E-state index in [9.17, 15) is 9.59 Å². The van der Waals surface area contributed by atoms with Crippen LogP contribution < -0.4 is 5.32 Å². The third kappa shape index (κ3) is 2.79. The first-order chi connectivity index (χ1) is 8.58. The molecular formula is C13H13BrN2O2. The van der Waals surface area contributed by atoms with Crippen LogP contribution in [0.1, 0.15) is 10.4 Å². The molecule has 4 nitrogen and oxygen atoms in total. The molecular weight excluding hydrogens is 296 g/mol. The summed E-state index contributed by atoms with van der Waals surface area (Å²) in [5.41, 5.74) is 0.921. The van der Waals surface area contributed by atoms with E-state index in [-0.39, 0.29) is 11.7 Å². The van der Waals surface area contributed by atoms with Gasteiger partial charge in [0, 0.05) is 36.2 Å². The first-order valence-electron chi connectivity index (χ1n) is 5.59. The van der Waals surface area contributed by atoms with E-state index in [1.54, 1.807) is 36.2 Å². The van der Waals surface area contributed by atoms with Gasteiger partial charge < -0.3 is 10.2 Å². The molecule has 0 bridgehead atoms. The molecule has 0 atom stereocenters. The number of ketones is 1. The number of allylic oxidation sites excluding steroid dienone is 1. The number of carbonyl (C=O) groups excluding carboxylic acids is 2. The summed E-state index contributed by atoms with van der Waals surface area (Å²) in [4.78, 5) is 25.4. The van der Waals surface area contributed by atoms with Crippen molar-refractivity contribution >= 4 is 27.6 Å². The van der Waals surface area contributed by atoms with Gasteiger partial charge in [-0.3, -0.25) is 9.59 Å². The summed E-state index contributed by atoms with van der Waals surface area (Å²) in [5.74, 6) is -0.319. The molecule has 1 saturated heterocycles. The molecule has 0 aromatic heterocycles. The molecule has 0 spiro atoms. The quantitative estimate of drug-likeness (QED) is 0.666. The summed E-state index contributed by atoms with van der Waals surface area (Å²) in [6.45, 7) is 1.32. The van der Waals surface area contributed by atoms with Crippen LogP contribution in [0.3, 0.4) is 0 Å². The van der Waals surface area contributed by atoms with Crippen molar-refractivity contribution < 1.29 is 9.59 Å².